The highest BCUT2D eigenvalue weighted by molar-refractivity contribution is 5.76. The predicted molar refractivity (Wildman–Crippen MR) is 75.2 cm³/mol. The second-order valence-corrected chi connectivity index (χ2v) is 5.58. The summed E-state index contributed by atoms with van der Waals surface area (Å²) in [5.74, 6) is 0.674. The Balaban J connectivity index is 2.30. The van der Waals surface area contributed by atoms with Crippen LogP contribution in [0, 0.1) is 5.92 Å². The van der Waals surface area contributed by atoms with Gasteiger partial charge in [0.25, 0.3) is 0 Å². The lowest BCUT2D eigenvalue weighted by Gasteiger charge is -2.16. The van der Waals surface area contributed by atoms with Crippen LogP contribution in [-0.4, -0.2) is 5.91 Å². The second kappa shape index (κ2) is 4.97. The minimum absolute atomic E-state index is 0.0230. The van der Waals surface area contributed by atoms with Crippen molar-refractivity contribution in [3.05, 3.63) is 40.5 Å². The van der Waals surface area contributed by atoms with Crippen molar-refractivity contribution < 1.29 is 4.79 Å². The third kappa shape index (κ3) is 2.63. The lowest BCUT2D eigenvalue weighted by atomic mass is 9.97. The molecule has 0 heterocycles. The molecule has 1 aromatic rings. The van der Waals surface area contributed by atoms with Gasteiger partial charge in [-0.1, -0.05) is 38.1 Å². The van der Waals surface area contributed by atoms with E-state index in [2.05, 4.69) is 50.4 Å². The fraction of sp³-hybridized carbons (Fsp3) is 0.438. The van der Waals surface area contributed by atoms with Gasteiger partial charge in [0.15, 0.2) is 0 Å². The van der Waals surface area contributed by atoms with E-state index in [0.29, 0.717) is 5.92 Å². The molecule has 0 spiro atoms. The van der Waals surface area contributed by atoms with E-state index in [1.165, 1.54) is 22.3 Å². The highest BCUT2D eigenvalue weighted by Crippen LogP contribution is 2.34. The Labute approximate surface area is 109 Å². The van der Waals surface area contributed by atoms with Crippen LogP contribution in [0.2, 0.25) is 0 Å². The van der Waals surface area contributed by atoms with Gasteiger partial charge in [-0.3, -0.25) is 4.79 Å². The quantitative estimate of drug-likeness (QED) is 0.865. The molecule has 0 aromatic heterocycles. The lowest BCUT2D eigenvalue weighted by Crippen LogP contribution is -2.25. The maximum Gasteiger partial charge on any atom is 0.217 e. The summed E-state index contributed by atoms with van der Waals surface area (Å²) in [6.45, 7) is 8.09. The minimum Gasteiger partial charge on any atom is -0.346 e. The largest absolute Gasteiger partial charge is 0.346 e. The molecule has 0 saturated carbocycles. The molecule has 0 saturated heterocycles. The average Bonchev–Trinajstić information content (AvgIpc) is 2.54. The van der Waals surface area contributed by atoms with Gasteiger partial charge in [0.1, 0.15) is 0 Å². The first kappa shape index (κ1) is 12.9. The molecule has 2 nitrogen and oxygen atoms in total. The number of benzene rings is 1. The van der Waals surface area contributed by atoms with Crippen molar-refractivity contribution in [2.24, 2.45) is 5.92 Å². The average molecular weight is 243 g/mol. The van der Waals surface area contributed by atoms with Crippen LogP contribution in [0.3, 0.4) is 0 Å². The lowest BCUT2D eigenvalue weighted by molar-refractivity contribution is -0.119. The van der Waals surface area contributed by atoms with Gasteiger partial charge in [0, 0.05) is 6.92 Å². The van der Waals surface area contributed by atoms with Gasteiger partial charge in [-0.25, -0.2) is 0 Å². The molecular weight excluding hydrogens is 222 g/mol. The van der Waals surface area contributed by atoms with E-state index >= 15 is 0 Å². The summed E-state index contributed by atoms with van der Waals surface area (Å²) < 4.78 is 0. The Bertz CT molecular complexity index is 500. The predicted octanol–water partition coefficient (Wildman–Crippen LogP) is 3.48. The Hall–Kier alpha value is -1.57. The number of amides is 1. The van der Waals surface area contributed by atoms with Crippen LogP contribution in [0.1, 0.15) is 50.4 Å². The zero-order valence-electron chi connectivity index (χ0n) is 11.6. The molecule has 1 N–H and O–H groups in total. The van der Waals surface area contributed by atoms with Gasteiger partial charge < -0.3 is 5.32 Å². The molecule has 2 rings (SSSR count). The summed E-state index contributed by atoms with van der Waals surface area (Å²) in [6, 6.07) is 6.66. The molecule has 0 aliphatic heterocycles. The van der Waals surface area contributed by atoms with Gasteiger partial charge in [-0.2, -0.15) is 0 Å². The van der Waals surface area contributed by atoms with Gasteiger partial charge in [0.2, 0.25) is 5.91 Å². The maximum absolute atomic E-state index is 11.3. The van der Waals surface area contributed by atoms with Crippen molar-refractivity contribution in [3.63, 3.8) is 0 Å². The van der Waals surface area contributed by atoms with E-state index in [1.807, 2.05) is 0 Å². The summed E-state index contributed by atoms with van der Waals surface area (Å²) in [4.78, 5) is 11.3. The third-order valence-corrected chi connectivity index (χ3v) is 3.29. The van der Waals surface area contributed by atoms with E-state index in [0.717, 1.165) is 6.42 Å². The van der Waals surface area contributed by atoms with E-state index < -0.39 is 0 Å². The first-order valence-electron chi connectivity index (χ1n) is 6.55. The number of nitrogens with one attached hydrogen (secondary N) is 1. The monoisotopic (exact) mass is 243 g/mol. The molecule has 0 bridgehead atoms. The number of fused-ring (bicyclic) bond motifs is 1. The minimum atomic E-state index is 0.0230. The summed E-state index contributed by atoms with van der Waals surface area (Å²) in [5, 5.41) is 3.02. The molecule has 1 aliphatic carbocycles. The fourth-order valence-corrected chi connectivity index (χ4v) is 2.57. The van der Waals surface area contributed by atoms with Gasteiger partial charge >= 0.3 is 0 Å². The molecule has 1 amide bonds. The zero-order valence-corrected chi connectivity index (χ0v) is 11.6. The van der Waals surface area contributed by atoms with Crippen molar-refractivity contribution in [2.75, 3.05) is 0 Å². The number of rotatable bonds is 3. The number of carbonyl (C=O) groups is 1. The molecule has 96 valence electrons. The van der Waals surface area contributed by atoms with Crippen LogP contribution >= 0.6 is 0 Å². The van der Waals surface area contributed by atoms with E-state index in [9.17, 15) is 4.79 Å². The Morgan fingerprint density at radius 1 is 1.39 bits per heavy atom. The molecule has 0 fully saturated rings. The van der Waals surface area contributed by atoms with Crippen LogP contribution in [-0.2, 0) is 11.2 Å². The van der Waals surface area contributed by atoms with Crippen molar-refractivity contribution >= 4 is 12.0 Å². The normalized spacial score (nSPS) is 17.6. The second-order valence-electron chi connectivity index (χ2n) is 5.58. The molecule has 18 heavy (non-hydrogen) atoms. The first-order chi connectivity index (χ1) is 8.47. The maximum atomic E-state index is 11.3. The summed E-state index contributed by atoms with van der Waals surface area (Å²) in [7, 11) is 0. The Kier molecular flexibility index (Phi) is 3.55. The molecule has 1 atom stereocenters. The highest BCUT2D eigenvalue weighted by Gasteiger charge is 2.23. The van der Waals surface area contributed by atoms with Crippen molar-refractivity contribution in [3.8, 4) is 0 Å². The topological polar surface area (TPSA) is 29.1 Å². The molecule has 1 unspecified atom stereocenters. The molecule has 2 heteroatoms. The van der Waals surface area contributed by atoms with Crippen molar-refractivity contribution in [2.45, 2.75) is 40.2 Å². The van der Waals surface area contributed by atoms with Gasteiger partial charge in [-0.15, -0.1) is 0 Å². The molecule has 0 radical (unpaired) electrons. The Morgan fingerprint density at radius 3 is 2.72 bits per heavy atom. The van der Waals surface area contributed by atoms with E-state index in [1.54, 1.807) is 6.92 Å². The van der Waals surface area contributed by atoms with E-state index in [4.69, 9.17) is 0 Å². The summed E-state index contributed by atoms with van der Waals surface area (Å²) in [5.41, 5.74) is 5.03. The third-order valence-electron chi connectivity index (χ3n) is 3.29. The van der Waals surface area contributed by atoms with Crippen LogP contribution in [0.4, 0.5) is 0 Å². The van der Waals surface area contributed by atoms with Crippen molar-refractivity contribution in [1.82, 2.24) is 5.32 Å². The Morgan fingerprint density at radius 2 is 2.11 bits per heavy atom. The van der Waals surface area contributed by atoms with Gasteiger partial charge in [-0.05, 0) is 41.5 Å². The smallest absolute Gasteiger partial charge is 0.217 e. The van der Waals surface area contributed by atoms with Crippen molar-refractivity contribution in [1.29, 1.82) is 0 Å². The highest BCUT2D eigenvalue weighted by atomic mass is 16.1. The summed E-state index contributed by atoms with van der Waals surface area (Å²) in [6.07, 6.45) is 3.24. The number of hydrogen-bond acceptors (Lipinski definition) is 1. The molecule has 1 aromatic carbocycles. The SMILES string of the molecule is CC(=O)NC1C(C)=Cc2ccc(CC(C)C)cc21. The number of carbonyl (C=O) groups excluding carboxylic acids is 1. The zero-order chi connectivity index (χ0) is 13.3. The molecular formula is C16H21NO. The van der Waals surface area contributed by atoms with Crippen LogP contribution in [0.15, 0.2) is 23.8 Å². The first-order valence-corrected chi connectivity index (χ1v) is 6.55. The van der Waals surface area contributed by atoms with Crippen LogP contribution in [0.5, 0.6) is 0 Å². The van der Waals surface area contributed by atoms with E-state index in [-0.39, 0.29) is 11.9 Å². The fourth-order valence-electron chi connectivity index (χ4n) is 2.57. The summed E-state index contributed by atoms with van der Waals surface area (Å²) >= 11 is 0. The van der Waals surface area contributed by atoms with Crippen LogP contribution < -0.4 is 5.32 Å². The molecule has 1 aliphatic rings. The van der Waals surface area contributed by atoms with Gasteiger partial charge in [0.05, 0.1) is 6.04 Å². The van der Waals surface area contributed by atoms with Crippen LogP contribution in [0.25, 0.3) is 6.08 Å². The standard InChI is InChI=1S/C16H21NO/c1-10(2)7-13-5-6-14-8-11(3)16(15(14)9-13)17-12(4)18/h5-6,8-10,16H,7H2,1-4H3,(H,17,18). The number of hydrogen-bond donors (Lipinski definition) is 1.